The fraction of sp³-hybridized carbons (Fsp3) is 0.278. The van der Waals surface area contributed by atoms with Crippen molar-refractivity contribution in [2.24, 2.45) is 5.73 Å². The first-order valence-corrected chi connectivity index (χ1v) is 15.4. The Morgan fingerprint density at radius 2 is 1.80 bits per heavy atom. The fourth-order valence-corrected chi connectivity index (χ4v) is 6.11. The van der Waals surface area contributed by atoms with Crippen molar-refractivity contribution in [3.63, 3.8) is 0 Å². The molecule has 0 bridgehead atoms. The van der Waals surface area contributed by atoms with Crippen LogP contribution in [0.5, 0.6) is 11.5 Å². The number of pyridine rings is 1. The number of anilines is 2. The summed E-state index contributed by atoms with van der Waals surface area (Å²) in [5.41, 5.74) is 10.9. The molecule has 1 aromatic heterocycles. The van der Waals surface area contributed by atoms with E-state index < -0.39 is 5.91 Å². The van der Waals surface area contributed by atoms with Gasteiger partial charge in [-0.3, -0.25) is 14.4 Å². The van der Waals surface area contributed by atoms with Crippen LogP contribution >= 0.6 is 0 Å². The molecule has 2 unspecified atom stereocenters. The lowest BCUT2D eigenvalue weighted by molar-refractivity contribution is -0.116. The van der Waals surface area contributed by atoms with Crippen LogP contribution in [0.25, 0.3) is 0 Å². The third-order valence-electron chi connectivity index (χ3n) is 8.52. The van der Waals surface area contributed by atoms with Crippen molar-refractivity contribution in [1.82, 2.24) is 9.88 Å². The second-order valence-corrected chi connectivity index (χ2v) is 11.8. The third kappa shape index (κ3) is 6.24. The number of amides is 3. The summed E-state index contributed by atoms with van der Waals surface area (Å²) in [4.78, 5) is 46.0. The second kappa shape index (κ2) is 12.9. The van der Waals surface area contributed by atoms with E-state index in [0.29, 0.717) is 41.5 Å². The normalized spacial score (nSPS) is 15.8. The number of methoxy groups -OCH3 is 1. The number of ether oxygens (including phenoxy) is 2. The SMILES string of the molecule is COc1ccc(N2C(=O)c3cc(CN4Cc5cnc(NCC(N)=O)cc5C4=O)ccc3C2C)cc1OC(C)CCc1ccccc1. The van der Waals surface area contributed by atoms with Crippen LogP contribution in [0.3, 0.4) is 0 Å². The predicted molar refractivity (Wildman–Crippen MR) is 175 cm³/mol. The van der Waals surface area contributed by atoms with E-state index in [-0.39, 0.29) is 30.5 Å². The number of nitrogens with one attached hydrogen (secondary N) is 1. The summed E-state index contributed by atoms with van der Waals surface area (Å²) in [5.74, 6) is 0.856. The van der Waals surface area contributed by atoms with E-state index in [4.69, 9.17) is 15.2 Å². The van der Waals surface area contributed by atoms with Crippen LogP contribution in [0.15, 0.2) is 79.0 Å². The van der Waals surface area contributed by atoms with E-state index >= 15 is 0 Å². The summed E-state index contributed by atoms with van der Waals surface area (Å²) in [5, 5.41) is 2.83. The van der Waals surface area contributed by atoms with E-state index in [9.17, 15) is 14.4 Å². The van der Waals surface area contributed by atoms with Crippen LogP contribution in [0, 0.1) is 0 Å². The molecule has 10 heteroatoms. The number of benzene rings is 3. The summed E-state index contributed by atoms with van der Waals surface area (Å²) in [6.45, 7) is 4.72. The summed E-state index contributed by atoms with van der Waals surface area (Å²) < 4.78 is 11.9. The van der Waals surface area contributed by atoms with Crippen LogP contribution in [-0.4, -0.2) is 47.4 Å². The molecule has 3 amide bonds. The summed E-state index contributed by atoms with van der Waals surface area (Å²) >= 11 is 0. The maximum absolute atomic E-state index is 13.9. The van der Waals surface area contributed by atoms with Gasteiger partial charge in [-0.05, 0) is 67.6 Å². The molecule has 2 aliphatic heterocycles. The average Bonchev–Trinajstić information content (AvgIpc) is 3.50. The Kier molecular flexibility index (Phi) is 8.61. The van der Waals surface area contributed by atoms with Crippen LogP contribution in [-0.2, 0) is 24.3 Å². The monoisotopic (exact) mass is 619 g/mol. The van der Waals surface area contributed by atoms with Gasteiger partial charge in [-0.15, -0.1) is 0 Å². The van der Waals surface area contributed by atoms with Gasteiger partial charge in [0.15, 0.2) is 11.5 Å². The zero-order chi connectivity index (χ0) is 32.4. The molecular weight excluding hydrogens is 582 g/mol. The number of hydrogen-bond acceptors (Lipinski definition) is 7. The van der Waals surface area contributed by atoms with Crippen molar-refractivity contribution >= 4 is 29.2 Å². The van der Waals surface area contributed by atoms with Crippen LogP contribution < -0.4 is 25.4 Å². The van der Waals surface area contributed by atoms with Crippen molar-refractivity contribution in [1.29, 1.82) is 0 Å². The minimum Gasteiger partial charge on any atom is -0.493 e. The van der Waals surface area contributed by atoms with Crippen molar-refractivity contribution in [3.05, 3.63) is 112 Å². The smallest absolute Gasteiger partial charge is 0.259 e. The molecule has 0 saturated heterocycles. The lowest BCUT2D eigenvalue weighted by atomic mass is 10.0. The Hall–Kier alpha value is -5.38. The van der Waals surface area contributed by atoms with Crippen molar-refractivity contribution in [3.8, 4) is 11.5 Å². The van der Waals surface area contributed by atoms with Crippen LogP contribution in [0.4, 0.5) is 11.5 Å². The van der Waals surface area contributed by atoms with E-state index in [1.54, 1.807) is 29.2 Å². The molecule has 0 aliphatic carbocycles. The largest absolute Gasteiger partial charge is 0.493 e. The molecule has 2 atom stereocenters. The average molecular weight is 620 g/mol. The Morgan fingerprint density at radius 1 is 1.00 bits per heavy atom. The Labute approximate surface area is 268 Å². The summed E-state index contributed by atoms with van der Waals surface area (Å²) in [7, 11) is 1.61. The van der Waals surface area contributed by atoms with Gasteiger partial charge in [-0.2, -0.15) is 0 Å². The maximum atomic E-state index is 13.9. The van der Waals surface area contributed by atoms with Gasteiger partial charge in [-0.25, -0.2) is 4.98 Å². The molecule has 0 saturated carbocycles. The number of nitrogens with two attached hydrogens (primary N) is 1. The number of nitrogens with zero attached hydrogens (tertiary/aromatic N) is 3. The lowest BCUT2D eigenvalue weighted by Gasteiger charge is -2.24. The summed E-state index contributed by atoms with van der Waals surface area (Å²) in [6.07, 6.45) is 3.30. The topological polar surface area (TPSA) is 127 Å². The Bertz CT molecular complexity index is 1790. The number of fused-ring (bicyclic) bond motifs is 2. The van der Waals surface area contributed by atoms with Gasteiger partial charge in [-0.1, -0.05) is 42.5 Å². The minimum atomic E-state index is -0.515. The zero-order valence-electron chi connectivity index (χ0n) is 26.2. The molecule has 236 valence electrons. The van der Waals surface area contributed by atoms with Gasteiger partial charge in [0.1, 0.15) is 5.82 Å². The number of primary amides is 1. The fourth-order valence-electron chi connectivity index (χ4n) is 6.11. The number of hydrogen-bond donors (Lipinski definition) is 2. The molecule has 10 nitrogen and oxygen atoms in total. The quantitative estimate of drug-likeness (QED) is 0.221. The first-order chi connectivity index (χ1) is 22.2. The van der Waals surface area contributed by atoms with Crippen molar-refractivity contribution in [2.45, 2.75) is 51.9 Å². The Balaban J connectivity index is 1.16. The van der Waals surface area contributed by atoms with Gasteiger partial charge < -0.3 is 30.3 Å². The highest BCUT2D eigenvalue weighted by Gasteiger charge is 2.36. The maximum Gasteiger partial charge on any atom is 0.259 e. The molecule has 46 heavy (non-hydrogen) atoms. The van der Waals surface area contributed by atoms with Gasteiger partial charge >= 0.3 is 0 Å². The minimum absolute atomic E-state index is 0.0657. The Morgan fingerprint density at radius 3 is 2.57 bits per heavy atom. The number of carbonyl (C=O) groups is 3. The number of carbonyl (C=O) groups excluding carboxylic acids is 3. The molecule has 3 heterocycles. The molecule has 4 aromatic rings. The molecule has 3 aromatic carbocycles. The standard InChI is InChI=1S/C36H37N5O5/c1-22(9-10-24-7-5-4-6-8-24)46-32-16-27(12-14-31(32)45-3)41-23(2)28-13-11-25(15-30(28)36(41)44)20-40-21-26-18-38-34(39-19-33(37)42)17-29(26)35(40)43/h4-8,11-18,22-23H,9-10,19-21H2,1-3H3,(H2,37,42)(H,38,39). The molecule has 0 radical (unpaired) electrons. The zero-order valence-corrected chi connectivity index (χ0v) is 26.2. The van der Waals surface area contributed by atoms with Gasteiger partial charge in [0.2, 0.25) is 5.91 Å². The second-order valence-electron chi connectivity index (χ2n) is 11.8. The molecular formula is C36H37N5O5. The molecule has 0 spiro atoms. The van der Waals surface area contributed by atoms with E-state index in [2.05, 4.69) is 22.4 Å². The first kappa shape index (κ1) is 30.6. The number of rotatable bonds is 12. The highest BCUT2D eigenvalue weighted by molar-refractivity contribution is 6.11. The van der Waals surface area contributed by atoms with E-state index in [1.807, 2.05) is 68.4 Å². The molecule has 2 aliphatic rings. The highest BCUT2D eigenvalue weighted by Crippen LogP contribution is 2.41. The van der Waals surface area contributed by atoms with Gasteiger partial charge in [0.05, 0.1) is 25.8 Å². The molecule has 6 rings (SSSR count). The third-order valence-corrected chi connectivity index (χ3v) is 8.52. The van der Waals surface area contributed by atoms with Gasteiger partial charge in [0, 0.05) is 47.7 Å². The molecule has 0 fully saturated rings. The molecule has 3 N–H and O–H groups in total. The highest BCUT2D eigenvalue weighted by atomic mass is 16.5. The number of aromatic nitrogens is 1. The van der Waals surface area contributed by atoms with Crippen molar-refractivity contribution in [2.75, 3.05) is 23.9 Å². The van der Waals surface area contributed by atoms with Crippen molar-refractivity contribution < 1.29 is 23.9 Å². The lowest BCUT2D eigenvalue weighted by Crippen LogP contribution is -2.26. The van der Waals surface area contributed by atoms with Gasteiger partial charge in [0.25, 0.3) is 11.8 Å². The van der Waals surface area contributed by atoms with E-state index in [1.165, 1.54) is 5.56 Å². The van der Waals surface area contributed by atoms with E-state index in [0.717, 1.165) is 35.2 Å². The first-order valence-electron chi connectivity index (χ1n) is 15.4. The van der Waals surface area contributed by atoms with Crippen LogP contribution in [0.2, 0.25) is 0 Å². The number of aryl methyl sites for hydroxylation is 1. The predicted octanol–water partition coefficient (Wildman–Crippen LogP) is 5.26. The van der Waals surface area contributed by atoms with Crippen LogP contribution in [0.1, 0.15) is 69.3 Å². The summed E-state index contributed by atoms with van der Waals surface area (Å²) in [6, 6.07) is 23.2.